The highest BCUT2D eigenvalue weighted by Crippen LogP contribution is 2.29. The molecule has 2 atom stereocenters. The Morgan fingerprint density at radius 3 is 2.88 bits per heavy atom. The van der Waals surface area contributed by atoms with Crippen LogP contribution in [0.1, 0.15) is 43.7 Å². The van der Waals surface area contributed by atoms with Crippen LogP contribution in [0.4, 0.5) is 10.8 Å². The van der Waals surface area contributed by atoms with Gasteiger partial charge in [-0.05, 0) is 49.8 Å². The van der Waals surface area contributed by atoms with Crippen LogP contribution in [-0.2, 0) is 4.79 Å². The fourth-order valence-corrected chi connectivity index (χ4v) is 4.80. The second-order valence-electron chi connectivity index (χ2n) is 6.97. The Kier molecular flexibility index (Phi) is 6.53. The first-order valence-electron chi connectivity index (χ1n) is 9.12. The number of aryl methyl sites for hydroxylation is 1. The van der Waals surface area contributed by atoms with E-state index in [-0.39, 0.29) is 5.91 Å². The van der Waals surface area contributed by atoms with Gasteiger partial charge in [-0.15, -0.1) is 10.2 Å². The number of carbonyl (C=O) groups is 1. The average molecular weight is 391 g/mol. The predicted molar refractivity (Wildman–Crippen MR) is 109 cm³/mol. The lowest BCUT2D eigenvalue weighted by Gasteiger charge is -2.29. The molecule has 0 saturated heterocycles. The van der Waals surface area contributed by atoms with Gasteiger partial charge in [0.2, 0.25) is 11.0 Å². The number of benzene rings is 1. The largest absolute Gasteiger partial charge is 0.352 e. The SMILES string of the molecule is Cc1cccc(Nc2nnc(SCC(=O)NC3CCCCC3C)s2)c1C. The number of nitrogens with one attached hydrogen (secondary N) is 2. The van der Waals surface area contributed by atoms with Gasteiger partial charge in [0, 0.05) is 11.7 Å². The molecule has 0 radical (unpaired) electrons. The van der Waals surface area contributed by atoms with Gasteiger partial charge in [-0.1, -0.05) is 55.0 Å². The number of rotatable bonds is 6. The average Bonchev–Trinajstić information content (AvgIpc) is 3.07. The third-order valence-electron chi connectivity index (χ3n) is 5.04. The molecule has 5 nitrogen and oxygen atoms in total. The van der Waals surface area contributed by atoms with Gasteiger partial charge >= 0.3 is 0 Å². The first-order chi connectivity index (χ1) is 12.5. The number of amides is 1. The summed E-state index contributed by atoms with van der Waals surface area (Å²) in [5, 5.41) is 15.6. The predicted octanol–water partition coefficient (Wildman–Crippen LogP) is 4.69. The third kappa shape index (κ3) is 4.98. The van der Waals surface area contributed by atoms with Crippen molar-refractivity contribution in [2.45, 2.75) is 56.8 Å². The van der Waals surface area contributed by atoms with Crippen molar-refractivity contribution in [2.75, 3.05) is 11.1 Å². The summed E-state index contributed by atoms with van der Waals surface area (Å²) in [6, 6.07) is 6.48. The molecule has 3 rings (SSSR count). The molecule has 1 fully saturated rings. The van der Waals surface area contributed by atoms with Gasteiger partial charge in [-0.2, -0.15) is 0 Å². The second-order valence-corrected chi connectivity index (χ2v) is 9.17. The Morgan fingerprint density at radius 2 is 2.08 bits per heavy atom. The van der Waals surface area contributed by atoms with Crippen LogP contribution in [0.25, 0.3) is 0 Å². The summed E-state index contributed by atoms with van der Waals surface area (Å²) in [5.74, 6) is 1.06. The second kappa shape index (κ2) is 8.86. The minimum atomic E-state index is 0.0907. The Bertz CT molecular complexity index is 762. The van der Waals surface area contributed by atoms with Gasteiger partial charge in [0.05, 0.1) is 5.75 Å². The lowest BCUT2D eigenvalue weighted by molar-refractivity contribution is -0.119. The summed E-state index contributed by atoms with van der Waals surface area (Å²) in [7, 11) is 0. The van der Waals surface area contributed by atoms with E-state index in [1.54, 1.807) is 0 Å². The Labute approximate surface area is 163 Å². The monoisotopic (exact) mass is 390 g/mol. The third-order valence-corrected chi connectivity index (χ3v) is 7.01. The molecule has 0 bridgehead atoms. The van der Waals surface area contributed by atoms with E-state index in [9.17, 15) is 4.79 Å². The highest BCUT2D eigenvalue weighted by Gasteiger charge is 2.22. The normalized spacial score (nSPS) is 20.0. The molecule has 1 heterocycles. The molecule has 0 spiro atoms. The van der Waals surface area contributed by atoms with Crippen molar-refractivity contribution in [3.8, 4) is 0 Å². The van der Waals surface area contributed by atoms with Gasteiger partial charge in [-0.25, -0.2) is 0 Å². The van der Waals surface area contributed by atoms with Gasteiger partial charge in [-0.3, -0.25) is 4.79 Å². The topological polar surface area (TPSA) is 66.9 Å². The van der Waals surface area contributed by atoms with Crippen molar-refractivity contribution in [2.24, 2.45) is 5.92 Å². The molecule has 1 aliphatic rings. The molecular weight excluding hydrogens is 364 g/mol. The van der Waals surface area contributed by atoms with Crippen LogP contribution in [-0.4, -0.2) is 27.9 Å². The highest BCUT2D eigenvalue weighted by atomic mass is 32.2. The lowest BCUT2D eigenvalue weighted by atomic mass is 9.86. The van der Waals surface area contributed by atoms with Crippen LogP contribution >= 0.6 is 23.1 Å². The maximum atomic E-state index is 12.2. The van der Waals surface area contributed by atoms with Gasteiger partial charge < -0.3 is 10.6 Å². The number of anilines is 2. The zero-order chi connectivity index (χ0) is 18.5. The van der Waals surface area contributed by atoms with Crippen molar-refractivity contribution in [3.63, 3.8) is 0 Å². The number of carbonyl (C=O) groups excluding carboxylic acids is 1. The van der Waals surface area contributed by atoms with Crippen LogP contribution < -0.4 is 10.6 Å². The highest BCUT2D eigenvalue weighted by molar-refractivity contribution is 8.01. The molecule has 1 amide bonds. The minimum absolute atomic E-state index is 0.0907. The van der Waals surface area contributed by atoms with Crippen molar-refractivity contribution in [3.05, 3.63) is 29.3 Å². The fourth-order valence-electron chi connectivity index (χ4n) is 3.23. The van der Waals surface area contributed by atoms with Gasteiger partial charge in [0.1, 0.15) is 0 Å². The standard InChI is InChI=1S/C19H26N4OS2/c1-12-8-6-10-16(14(12)3)21-18-22-23-19(26-18)25-11-17(24)20-15-9-5-4-7-13(15)2/h6,8,10,13,15H,4-5,7,9,11H2,1-3H3,(H,20,24)(H,21,22). The van der Waals surface area contributed by atoms with Gasteiger partial charge in [0.15, 0.2) is 4.34 Å². The summed E-state index contributed by atoms with van der Waals surface area (Å²) in [5.41, 5.74) is 3.49. The molecule has 0 aliphatic heterocycles. The first-order valence-corrected chi connectivity index (χ1v) is 10.9. The lowest BCUT2D eigenvalue weighted by Crippen LogP contribution is -2.41. The van der Waals surface area contributed by atoms with Crippen LogP contribution in [0.5, 0.6) is 0 Å². The Hall–Kier alpha value is -1.60. The van der Waals surface area contributed by atoms with Crippen molar-refractivity contribution < 1.29 is 4.79 Å². The van der Waals surface area contributed by atoms with E-state index in [0.29, 0.717) is 17.7 Å². The molecule has 1 aromatic heterocycles. The van der Waals surface area contributed by atoms with E-state index in [1.165, 1.54) is 53.5 Å². The Balaban J connectivity index is 1.50. The Morgan fingerprint density at radius 1 is 1.27 bits per heavy atom. The maximum absolute atomic E-state index is 12.2. The summed E-state index contributed by atoms with van der Waals surface area (Å²) in [6.07, 6.45) is 4.80. The number of hydrogen-bond donors (Lipinski definition) is 2. The van der Waals surface area contributed by atoms with Crippen molar-refractivity contribution in [1.82, 2.24) is 15.5 Å². The molecule has 2 aromatic rings. The molecule has 1 aliphatic carbocycles. The summed E-state index contributed by atoms with van der Waals surface area (Å²) >= 11 is 2.93. The smallest absolute Gasteiger partial charge is 0.230 e. The zero-order valence-electron chi connectivity index (χ0n) is 15.5. The van der Waals surface area contributed by atoms with E-state index < -0.39 is 0 Å². The van der Waals surface area contributed by atoms with Crippen LogP contribution in [0, 0.1) is 19.8 Å². The van der Waals surface area contributed by atoms with E-state index >= 15 is 0 Å². The zero-order valence-corrected chi connectivity index (χ0v) is 17.2. The number of thioether (sulfide) groups is 1. The summed E-state index contributed by atoms with van der Waals surface area (Å²) < 4.78 is 0.810. The van der Waals surface area contributed by atoms with Gasteiger partial charge in [0.25, 0.3) is 0 Å². The summed E-state index contributed by atoms with van der Waals surface area (Å²) in [6.45, 7) is 6.41. The molecule has 1 saturated carbocycles. The number of hydrogen-bond acceptors (Lipinski definition) is 6. The quantitative estimate of drug-likeness (QED) is 0.701. The number of aromatic nitrogens is 2. The van der Waals surface area contributed by atoms with Crippen LogP contribution in [0.3, 0.4) is 0 Å². The minimum Gasteiger partial charge on any atom is -0.352 e. The van der Waals surface area contributed by atoms with Crippen LogP contribution in [0.2, 0.25) is 0 Å². The molecule has 26 heavy (non-hydrogen) atoms. The van der Waals surface area contributed by atoms with Crippen LogP contribution in [0.15, 0.2) is 22.5 Å². The van der Waals surface area contributed by atoms with E-state index in [4.69, 9.17) is 0 Å². The fraction of sp³-hybridized carbons (Fsp3) is 0.526. The van der Waals surface area contributed by atoms with Crippen molar-refractivity contribution in [1.29, 1.82) is 0 Å². The molecule has 2 N–H and O–H groups in total. The van der Waals surface area contributed by atoms with E-state index in [2.05, 4.69) is 47.7 Å². The molecule has 7 heteroatoms. The van der Waals surface area contributed by atoms with E-state index in [0.717, 1.165) is 21.6 Å². The molecule has 2 unspecified atom stereocenters. The molecule has 1 aromatic carbocycles. The molecular formula is C19H26N4OS2. The van der Waals surface area contributed by atoms with E-state index in [1.807, 2.05) is 12.1 Å². The summed E-state index contributed by atoms with van der Waals surface area (Å²) in [4.78, 5) is 12.2. The van der Waals surface area contributed by atoms with Crippen molar-refractivity contribution >= 4 is 39.8 Å². The maximum Gasteiger partial charge on any atom is 0.230 e. The first kappa shape index (κ1) is 19.2. The molecule has 140 valence electrons. The number of nitrogens with zero attached hydrogens (tertiary/aromatic N) is 2.